The van der Waals surface area contributed by atoms with Crippen LogP contribution in [0, 0.1) is 23.7 Å². The number of ether oxygens (including phenoxy) is 1. The number of rotatable bonds is 6. The number of benzene rings is 4. The molecule has 0 bridgehead atoms. The van der Waals surface area contributed by atoms with Crippen molar-refractivity contribution in [3.63, 3.8) is 0 Å². The van der Waals surface area contributed by atoms with E-state index >= 15 is 9.59 Å². The summed E-state index contributed by atoms with van der Waals surface area (Å²) in [7, 11) is 0. The van der Waals surface area contributed by atoms with Crippen molar-refractivity contribution in [1.82, 2.24) is 0 Å². The summed E-state index contributed by atoms with van der Waals surface area (Å²) < 4.78 is 45.0. The van der Waals surface area contributed by atoms with Crippen LogP contribution in [0.3, 0.4) is 0 Å². The van der Waals surface area contributed by atoms with E-state index in [9.17, 15) is 27.9 Å². The molecule has 1 heterocycles. The number of hydrogen-bond acceptors (Lipinski definition) is 6. The summed E-state index contributed by atoms with van der Waals surface area (Å²) in [5, 5.41) is 11.5. The Morgan fingerprint density at radius 2 is 1.53 bits per heavy atom. The zero-order chi connectivity index (χ0) is 37.2. The minimum atomic E-state index is -5.06. The number of hydrogen-bond donors (Lipinski definition) is 1. The molecule has 4 aromatic rings. The fraction of sp³-hybridized carbons (Fsp3) is 0.209. The molecule has 266 valence electrons. The van der Waals surface area contributed by atoms with E-state index in [0.29, 0.717) is 22.4 Å². The quantitative estimate of drug-likeness (QED) is 0.161. The van der Waals surface area contributed by atoms with Crippen LogP contribution in [0.15, 0.2) is 127 Å². The third-order valence-electron chi connectivity index (χ3n) is 11.3. The van der Waals surface area contributed by atoms with E-state index in [-0.39, 0.29) is 29.8 Å². The average Bonchev–Trinajstić information content (AvgIpc) is 3.42. The first-order valence-electron chi connectivity index (χ1n) is 17.2. The number of carbonyl (C=O) groups is 4. The van der Waals surface area contributed by atoms with Gasteiger partial charge in [-0.05, 0) is 71.9 Å². The number of ketones is 2. The number of alkyl halides is 3. The van der Waals surface area contributed by atoms with Crippen LogP contribution in [0.4, 0.5) is 18.9 Å². The van der Waals surface area contributed by atoms with Gasteiger partial charge in [0.2, 0.25) is 11.8 Å². The second-order valence-electron chi connectivity index (χ2n) is 13.9. The maximum absolute atomic E-state index is 15.1. The maximum Gasteiger partial charge on any atom is 0.573 e. The lowest BCUT2D eigenvalue weighted by Gasteiger charge is -2.55. The molecule has 6 atom stereocenters. The van der Waals surface area contributed by atoms with Crippen LogP contribution in [-0.4, -0.2) is 34.8 Å². The number of allylic oxidation sites excluding steroid dienone is 4. The normalized spacial score (nSPS) is 26.6. The van der Waals surface area contributed by atoms with Crippen LogP contribution in [0.1, 0.15) is 41.0 Å². The van der Waals surface area contributed by atoms with E-state index in [4.69, 9.17) is 0 Å². The SMILES string of the molecule is C=Cc1ccc(N2C(=O)C3CC=C4C(CC5C(=O)C(c6ccccc6)=CC(=O)C5(c5ccccc5)C4c4cc(OC(F)(F)F)ccc4O)C3C2=O)cc1. The molecule has 2 amide bonds. The molecule has 0 spiro atoms. The Bertz CT molecular complexity index is 2250. The Labute approximate surface area is 302 Å². The summed E-state index contributed by atoms with van der Waals surface area (Å²) >= 11 is 0. The van der Waals surface area contributed by atoms with Gasteiger partial charge >= 0.3 is 6.36 Å². The second-order valence-corrected chi connectivity index (χ2v) is 13.9. The van der Waals surface area contributed by atoms with Crippen molar-refractivity contribution in [2.75, 3.05) is 4.90 Å². The summed E-state index contributed by atoms with van der Waals surface area (Å²) in [6, 6.07) is 27.1. The minimum Gasteiger partial charge on any atom is -0.508 e. The van der Waals surface area contributed by atoms with E-state index in [1.165, 1.54) is 6.08 Å². The highest BCUT2D eigenvalue weighted by Gasteiger charge is 2.66. The predicted molar refractivity (Wildman–Crippen MR) is 190 cm³/mol. The van der Waals surface area contributed by atoms with E-state index in [2.05, 4.69) is 11.3 Å². The maximum atomic E-state index is 15.1. The largest absolute Gasteiger partial charge is 0.573 e. The van der Waals surface area contributed by atoms with E-state index in [0.717, 1.165) is 28.7 Å². The molecule has 10 heteroatoms. The number of halogens is 3. The standard InChI is InChI=1S/C43H32F3NO6/c1-2-24-13-15-27(16-14-24)47-40(51)30-19-18-29-32(37(30)41(47)52)22-34-39(50)31(25-9-5-3-6-10-25)23-36(49)42(34,26-11-7-4-8-12-26)38(29)33-21-28(17-20-35(33)48)53-43(44,45)46/h2-18,20-21,23,30,32,34,37-38,48H,1,19,22H2. The van der Waals surface area contributed by atoms with Gasteiger partial charge in [-0.1, -0.05) is 97.1 Å². The number of nitrogens with zero attached hydrogens (tertiary/aromatic N) is 1. The van der Waals surface area contributed by atoms with Crippen molar-refractivity contribution < 1.29 is 42.2 Å². The van der Waals surface area contributed by atoms with Crippen molar-refractivity contribution in [3.05, 3.63) is 150 Å². The molecule has 53 heavy (non-hydrogen) atoms. The minimum absolute atomic E-state index is 0.00505. The van der Waals surface area contributed by atoms with Crippen molar-refractivity contribution in [1.29, 1.82) is 0 Å². The number of aromatic hydroxyl groups is 1. The molecular formula is C43H32F3NO6. The summed E-state index contributed by atoms with van der Waals surface area (Å²) in [4.78, 5) is 59.9. The summed E-state index contributed by atoms with van der Waals surface area (Å²) in [6.07, 6.45) is -0.256. The van der Waals surface area contributed by atoms with Gasteiger partial charge in [-0.25, -0.2) is 0 Å². The fourth-order valence-corrected chi connectivity index (χ4v) is 9.19. The molecule has 4 aliphatic rings. The average molecular weight is 716 g/mol. The highest BCUT2D eigenvalue weighted by molar-refractivity contribution is 6.32. The van der Waals surface area contributed by atoms with Gasteiger partial charge in [-0.2, -0.15) is 0 Å². The van der Waals surface area contributed by atoms with E-state index in [1.54, 1.807) is 97.1 Å². The number of imide groups is 1. The zero-order valence-corrected chi connectivity index (χ0v) is 28.1. The van der Waals surface area contributed by atoms with E-state index < -0.39 is 70.5 Å². The molecule has 8 rings (SSSR count). The van der Waals surface area contributed by atoms with Crippen LogP contribution in [0.2, 0.25) is 0 Å². The van der Waals surface area contributed by atoms with Crippen LogP contribution >= 0.6 is 0 Å². The monoisotopic (exact) mass is 715 g/mol. The second kappa shape index (κ2) is 12.6. The summed E-state index contributed by atoms with van der Waals surface area (Å²) in [5.74, 6) is -7.66. The molecule has 4 aromatic carbocycles. The van der Waals surface area contributed by atoms with Crippen molar-refractivity contribution >= 4 is 40.7 Å². The molecule has 3 aliphatic carbocycles. The van der Waals surface area contributed by atoms with Crippen LogP contribution in [-0.2, 0) is 24.6 Å². The third kappa shape index (κ3) is 5.34. The van der Waals surface area contributed by atoms with Gasteiger partial charge in [0.15, 0.2) is 11.6 Å². The fourth-order valence-electron chi connectivity index (χ4n) is 9.19. The van der Waals surface area contributed by atoms with Crippen LogP contribution < -0.4 is 9.64 Å². The van der Waals surface area contributed by atoms with Crippen molar-refractivity contribution in [3.8, 4) is 11.5 Å². The first-order chi connectivity index (χ1) is 25.4. The van der Waals surface area contributed by atoms with Crippen molar-refractivity contribution in [2.45, 2.75) is 30.5 Å². The Kier molecular flexibility index (Phi) is 8.09. The molecular weight excluding hydrogens is 683 g/mol. The van der Waals surface area contributed by atoms with Gasteiger partial charge < -0.3 is 9.84 Å². The number of amides is 2. The number of anilines is 1. The van der Waals surface area contributed by atoms with Crippen LogP contribution in [0.5, 0.6) is 11.5 Å². The van der Waals surface area contributed by atoms with Gasteiger partial charge in [-0.15, -0.1) is 13.2 Å². The smallest absolute Gasteiger partial charge is 0.508 e. The molecule has 1 saturated carbocycles. The third-order valence-corrected chi connectivity index (χ3v) is 11.3. The number of phenolic OH excluding ortho intramolecular Hbond substituents is 1. The lowest BCUT2D eigenvalue weighted by atomic mass is 9.44. The van der Waals surface area contributed by atoms with Crippen LogP contribution in [0.25, 0.3) is 11.6 Å². The predicted octanol–water partition coefficient (Wildman–Crippen LogP) is 7.96. The lowest BCUT2D eigenvalue weighted by Crippen LogP contribution is -2.58. The lowest BCUT2D eigenvalue weighted by molar-refractivity contribution is -0.274. The van der Waals surface area contributed by atoms with E-state index in [1.807, 2.05) is 0 Å². The highest BCUT2D eigenvalue weighted by Crippen LogP contribution is 2.64. The Hall–Kier alpha value is -6.03. The van der Waals surface area contributed by atoms with Gasteiger partial charge in [-0.3, -0.25) is 24.1 Å². The van der Waals surface area contributed by atoms with Gasteiger partial charge in [0.05, 0.1) is 22.9 Å². The number of fused-ring (bicyclic) bond motifs is 4. The molecule has 0 aromatic heterocycles. The number of phenols is 1. The zero-order valence-electron chi connectivity index (χ0n) is 28.1. The van der Waals surface area contributed by atoms with Crippen molar-refractivity contribution in [2.24, 2.45) is 23.7 Å². The van der Waals surface area contributed by atoms with Gasteiger partial charge in [0.25, 0.3) is 0 Å². The van der Waals surface area contributed by atoms with Gasteiger partial charge in [0.1, 0.15) is 11.5 Å². The molecule has 1 aliphatic heterocycles. The summed E-state index contributed by atoms with van der Waals surface area (Å²) in [6.45, 7) is 3.76. The molecule has 1 N–H and O–H groups in total. The molecule has 7 nitrogen and oxygen atoms in total. The molecule has 2 fully saturated rings. The Balaban J connectivity index is 1.36. The number of carbonyl (C=O) groups excluding carboxylic acids is 4. The van der Waals surface area contributed by atoms with Gasteiger partial charge in [0, 0.05) is 23.0 Å². The molecule has 0 radical (unpaired) electrons. The number of Topliss-reactive ketones (excluding diaryl/α,β-unsaturated/α-hetero) is 1. The first kappa shape index (κ1) is 34.1. The first-order valence-corrected chi connectivity index (χ1v) is 17.2. The Morgan fingerprint density at radius 1 is 0.849 bits per heavy atom. The highest BCUT2D eigenvalue weighted by atomic mass is 19.4. The topological polar surface area (TPSA) is 101 Å². The molecule has 6 unspecified atom stereocenters. The Morgan fingerprint density at radius 3 is 2.19 bits per heavy atom. The molecule has 1 saturated heterocycles. The summed E-state index contributed by atoms with van der Waals surface area (Å²) in [5.41, 5.74) is 0.957.